The Balaban J connectivity index is 0.00000169. The number of hydrogen-bond donors (Lipinski definition) is 1. The zero-order chi connectivity index (χ0) is 15.7. The van der Waals surface area contributed by atoms with Crippen molar-refractivity contribution in [3.8, 4) is 0 Å². The third kappa shape index (κ3) is 3.47. The molecular formula is C18H29ClN4O. The lowest BCUT2D eigenvalue weighted by Crippen LogP contribution is -2.34. The van der Waals surface area contributed by atoms with E-state index in [0.717, 1.165) is 32.6 Å². The summed E-state index contributed by atoms with van der Waals surface area (Å²) < 4.78 is 1.99. The molecule has 2 aliphatic heterocycles. The van der Waals surface area contributed by atoms with Crippen LogP contribution < -0.4 is 5.32 Å². The third-order valence-corrected chi connectivity index (χ3v) is 6.11. The second-order valence-electron chi connectivity index (χ2n) is 7.72. The van der Waals surface area contributed by atoms with Crippen LogP contribution in [0.1, 0.15) is 67.9 Å². The van der Waals surface area contributed by atoms with E-state index in [1.807, 2.05) is 16.9 Å². The van der Waals surface area contributed by atoms with Gasteiger partial charge in [0, 0.05) is 25.8 Å². The van der Waals surface area contributed by atoms with Crippen molar-refractivity contribution < 1.29 is 4.79 Å². The minimum Gasteiger partial charge on any atom is -0.337 e. The van der Waals surface area contributed by atoms with E-state index in [2.05, 4.69) is 15.3 Å². The molecule has 5 nitrogen and oxygen atoms in total. The summed E-state index contributed by atoms with van der Waals surface area (Å²) in [5.41, 5.74) is 1.05. The fraction of sp³-hybridized carbons (Fsp3) is 0.778. The van der Waals surface area contributed by atoms with E-state index in [1.165, 1.54) is 44.9 Å². The monoisotopic (exact) mass is 352 g/mol. The highest BCUT2D eigenvalue weighted by atomic mass is 35.5. The van der Waals surface area contributed by atoms with Gasteiger partial charge in [0.2, 0.25) is 0 Å². The van der Waals surface area contributed by atoms with Crippen molar-refractivity contribution in [1.29, 1.82) is 0 Å². The fourth-order valence-electron chi connectivity index (χ4n) is 4.70. The van der Waals surface area contributed by atoms with Gasteiger partial charge in [0.1, 0.15) is 5.69 Å². The fourth-order valence-corrected chi connectivity index (χ4v) is 4.70. The van der Waals surface area contributed by atoms with Gasteiger partial charge in [0.05, 0.1) is 6.04 Å². The van der Waals surface area contributed by atoms with Gasteiger partial charge in [-0.2, -0.15) is 5.10 Å². The topological polar surface area (TPSA) is 50.2 Å². The predicted octanol–water partition coefficient (Wildman–Crippen LogP) is 3.03. The SMILES string of the molecule is Cl.O=C(c1ccn(C2CCCNC2)n1)N1CCC2(CCCCC2)C1. The number of carbonyl (C=O) groups excluding carboxylic acids is 1. The Labute approximate surface area is 150 Å². The number of hydrogen-bond acceptors (Lipinski definition) is 3. The Morgan fingerprint density at radius 2 is 2.04 bits per heavy atom. The molecule has 0 radical (unpaired) electrons. The molecule has 1 unspecified atom stereocenters. The zero-order valence-corrected chi connectivity index (χ0v) is 15.2. The van der Waals surface area contributed by atoms with E-state index < -0.39 is 0 Å². The molecule has 1 aromatic heterocycles. The molecule has 1 aliphatic carbocycles. The van der Waals surface area contributed by atoms with Crippen LogP contribution in [0.25, 0.3) is 0 Å². The first-order chi connectivity index (χ1) is 11.3. The average Bonchev–Trinajstić information content (AvgIpc) is 3.24. The number of likely N-dealkylation sites (tertiary alicyclic amines) is 1. The van der Waals surface area contributed by atoms with Gasteiger partial charge in [-0.05, 0) is 50.1 Å². The number of nitrogens with one attached hydrogen (secondary N) is 1. The molecule has 4 rings (SSSR count). The highest BCUT2D eigenvalue weighted by Crippen LogP contribution is 2.43. The zero-order valence-electron chi connectivity index (χ0n) is 14.4. The van der Waals surface area contributed by atoms with E-state index >= 15 is 0 Å². The lowest BCUT2D eigenvalue weighted by atomic mass is 9.73. The van der Waals surface area contributed by atoms with Crippen LogP contribution in [0.2, 0.25) is 0 Å². The molecule has 6 heteroatoms. The summed E-state index contributed by atoms with van der Waals surface area (Å²) in [6.45, 7) is 3.92. The van der Waals surface area contributed by atoms with E-state index in [0.29, 0.717) is 17.2 Å². The third-order valence-electron chi connectivity index (χ3n) is 6.11. The highest BCUT2D eigenvalue weighted by molar-refractivity contribution is 5.92. The van der Waals surface area contributed by atoms with Crippen molar-refractivity contribution in [3.63, 3.8) is 0 Å². The summed E-state index contributed by atoms with van der Waals surface area (Å²) in [6.07, 6.45) is 12.2. The summed E-state index contributed by atoms with van der Waals surface area (Å²) in [5, 5.41) is 8.01. The Morgan fingerprint density at radius 1 is 1.21 bits per heavy atom. The van der Waals surface area contributed by atoms with Gasteiger partial charge in [0.15, 0.2) is 0 Å². The number of carbonyl (C=O) groups is 1. The van der Waals surface area contributed by atoms with Gasteiger partial charge in [0.25, 0.3) is 5.91 Å². The van der Waals surface area contributed by atoms with E-state index in [9.17, 15) is 4.79 Å². The Morgan fingerprint density at radius 3 is 2.79 bits per heavy atom. The maximum atomic E-state index is 12.8. The summed E-state index contributed by atoms with van der Waals surface area (Å²) in [6, 6.07) is 2.30. The average molecular weight is 353 g/mol. The Bertz CT molecular complexity index is 561. The second kappa shape index (κ2) is 7.44. The molecule has 0 bridgehead atoms. The van der Waals surface area contributed by atoms with Gasteiger partial charge >= 0.3 is 0 Å². The molecule has 1 N–H and O–H groups in total. The number of piperidine rings is 1. The molecule has 1 spiro atoms. The highest BCUT2D eigenvalue weighted by Gasteiger charge is 2.41. The summed E-state index contributed by atoms with van der Waals surface area (Å²) in [5.74, 6) is 0.134. The standard InChI is InChI=1S/C18H28N4O.ClH/c23-17(21-12-9-18(14-21)7-2-1-3-8-18)16-6-11-22(20-16)15-5-4-10-19-13-15;/h6,11,15,19H,1-5,7-10,12-14H2;1H. The lowest BCUT2D eigenvalue weighted by molar-refractivity contribution is 0.0751. The molecule has 0 aromatic carbocycles. The molecule has 134 valence electrons. The van der Waals surface area contributed by atoms with Crippen LogP contribution in [0.4, 0.5) is 0 Å². The molecule has 3 heterocycles. The molecule has 3 fully saturated rings. The van der Waals surface area contributed by atoms with Crippen molar-refractivity contribution in [1.82, 2.24) is 20.0 Å². The van der Waals surface area contributed by atoms with Crippen LogP contribution in [0.15, 0.2) is 12.3 Å². The van der Waals surface area contributed by atoms with Crippen molar-refractivity contribution in [2.75, 3.05) is 26.2 Å². The minimum atomic E-state index is 0. The molecule has 2 saturated heterocycles. The Kier molecular flexibility index (Phi) is 5.50. The first kappa shape index (κ1) is 17.7. The van der Waals surface area contributed by atoms with Gasteiger partial charge in [-0.1, -0.05) is 19.3 Å². The molecule has 24 heavy (non-hydrogen) atoms. The van der Waals surface area contributed by atoms with Gasteiger partial charge < -0.3 is 10.2 Å². The number of halogens is 1. The molecule has 3 aliphatic rings. The maximum absolute atomic E-state index is 12.8. The summed E-state index contributed by atoms with van der Waals surface area (Å²) >= 11 is 0. The molecular weight excluding hydrogens is 324 g/mol. The largest absolute Gasteiger partial charge is 0.337 e. The molecule has 1 saturated carbocycles. The lowest BCUT2D eigenvalue weighted by Gasteiger charge is -2.33. The van der Waals surface area contributed by atoms with Crippen LogP contribution in [0.5, 0.6) is 0 Å². The number of aromatic nitrogens is 2. The van der Waals surface area contributed by atoms with Crippen LogP contribution in [0, 0.1) is 5.41 Å². The predicted molar refractivity (Wildman–Crippen MR) is 96.7 cm³/mol. The smallest absolute Gasteiger partial charge is 0.274 e. The van der Waals surface area contributed by atoms with Crippen molar-refractivity contribution in [3.05, 3.63) is 18.0 Å². The second-order valence-corrected chi connectivity index (χ2v) is 7.72. The van der Waals surface area contributed by atoms with Gasteiger partial charge in [-0.15, -0.1) is 12.4 Å². The van der Waals surface area contributed by atoms with Crippen molar-refractivity contribution >= 4 is 18.3 Å². The Hall–Kier alpha value is -1.07. The first-order valence-corrected chi connectivity index (χ1v) is 9.31. The normalized spacial score (nSPS) is 26.3. The number of rotatable bonds is 2. The summed E-state index contributed by atoms with van der Waals surface area (Å²) in [7, 11) is 0. The quantitative estimate of drug-likeness (QED) is 0.890. The van der Waals surface area contributed by atoms with Crippen LogP contribution in [-0.2, 0) is 0 Å². The van der Waals surface area contributed by atoms with Crippen LogP contribution in [0.3, 0.4) is 0 Å². The molecule has 1 amide bonds. The number of amides is 1. The number of nitrogens with zero attached hydrogens (tertiary/aromatic N) is 3. The maximum Gasteiger partial charge on any atom is 0.274 e. The van der Waals surface area contributed by atoms with Crippen molar-refractivity contribution in [2.45, 2.75) is 57.4 Å². The van der Waals surface area contributed by atoms with Crippen LogP contribution in [-0.4, -0.2) is 46.8 Å². The van der Waals surface area contributed by atoms with E-state index in [4.69, 9.17) is 0 Å². The van der Waals surface area contributed by atoms with E-state index in [-0.39, 0.29) is 18.3 Å². The van der Waals surface area contributed by atoms with Gasteiger partial charge in [-0.3, -0.25) is 9.48 Å². The van der Waals surface area contributed by atoms with Crippen LogP contribution >= 0.6 is 12.4 Å². The molecule has 1 aromatic rings. The summed E-state index contributed by atoms with van der Waals surface area (Å²) in [4.78, 5) is 14.9. The first-order valence-electron chi connectivity index (χ1n) is 9.31. The van der Waals surface area contributed by atoms with Gasteiger partial charge in [-0.25, -0.2) is 0 Å². The van der Waals surface area contributed by atoms with Crippen molar-refractivity contribution in [2.24, 2.45) is 5.41 Å². The minimum absolute atomic E-state index is 0. The molecule has 1 atom stereocenters. The van der Waals surface area contributed by atoms with E-state index in [1.54, 1.807) is 0 Å².